The van der Waals surface area contributed by atoms with E-state index in [2.05, 4.69) is 5.32 Å². The Balaban J connectivity index is 2.15. The summed E-state index contributed by atoms with van der Waals surface area (Å²) < 4.78 is 15.9. The van der Waals surface area contributed by atoms with Crippen molar-refractivity contribution in [2.75, 3.05) is 21.3 Å². The highest BCUT2D eigenvalue weighted by Gasteiger charge is 2.14. The van der Waals surface area contributed by atoms with Gasteiger partial charge in [0.25, 0.3) is 5.91 Å². The second-order valence-electron chi connectivity index (χ2n) is 5.09. The fourth-order valence-electron chi connectivity index (χ4n) is 2.31. The van der Waals surface area contributed by atoms with Crippen LogP contribution in [-0.4, -0.2) is 27.2 Å². The topological polar surface area (TPSA) is 56.8 Å². The highest BCUT2D eigenvalue weighted by atomic mass is 16.5. The molecule has 0 atom stereocenters. The highest BCUT2D eigenvalue weighted by molar-refractivity contribution is 5.94. The van der Waals surface area contributed by atoms with Gasteiger partial charge in [-0.05, 0) is 36.8 Å². The maximum absolute atomic E-state index is 12.2. The monoisotopic (exact) mass is 315 g/mol. The molecule has 0 spiro atoms. The molecule has 5 nitrogen and oxygen atoms in total. The van der Waals surface area contributed by atoms with Gasteiger partial charge in [-0.25, -0.2) is 0 Å². The van der Waals surface area contributed by atoms with Crippen LogP contribution in [0.5, 0.6) is 17.2 Å². The number of carbonyl (C=O) groups is 1. The normalized spacial score (nSPS) is 10.1. The van der Waals surface area contributed by atoms with Crippen LogP contribution in [0.3, 0.4) is 0 Å². The van der Waals surface area contributed by atoms with Gasteiger partial charge in [-0.15, -0.1) is 0 Å². The fraction of sp³-hybridized carbons (Fsp3) is 0.278. The van der Waals surface area contributed by atoms with Crippen LogP contribution < -0.4 is 19.5 Å². The summed E-state index contributed by atoms with van der Waals surface area (Å²) >= 11 is 0. The first-order valence-electron chi connectivity index (χ1n) is 7.22. The summed E-state index contributed by atoms with van der Waals surface area (Å²) in [5, 5.41) is 2.89. The molecule has 23 heavy (non-hydrogen) atoms. The number of benzene rings is 2. The van der Waals surface area contributed by atoms with Crippen molar-refractivity contribution in [2.24, 2.45) is 0 Å². The second kappa shape index (κ2) is 7.54. The summed E-state index contributed by atoms with van der Waals surface area (Å²) in [6, 6.07) is 11.1. The molecule has 0 saturated carbocycles. The Kier molecular flexibility index (Phi) is 5.46. The largest absolute Gasteiger partial charge is 0.493 e. The molecule has 0 heterocycles. The van der Waals surface area contributed by atoms with Gasteiger partial charge in [0, 0.05) is 12.1 Å². The molecule has 2 rings (SSSR count). The lowest BCUT2D eigenvalue weighted by molar-refractivity contribution is 0.0950. The number of methoxy groups -OCH3 is 3. The fourth-order valence-corrected chi connectivity index (χ4v) is 2.31. The summed E-state index contributed by atoms with van der Waals surface area (Å²) in [6.07, 6.45) is 0. The van der Waals surface area contributed by atoms with Crippen molar-refractivity contribution in [2.45, 2.75) is 13.5 Å². The third-order valence-corrected chi connectivity index (χ3v) is 3.46. The SMILES string of the molecule is COc1cc(CNC(=O)c2cccc(C)c2)cc(OC)c1OC. The molecule has 0 aliphatic rings. The Bertz CT molecular complexity index is 672. The second-order valence-corrected chi connectivity index (χ2v) is 5.09. The minimum atomic E-state index is -0.123. The average Bonchev–Trinajstić information content (AvgIpc) is 2.58. The van der Waals surface area contributed by atoms with E-state index in [-0.39, 0.29) is 5.91 Å². The molecule has 0 radical (unpaired) electrons. The van der Waals surface area contributed by atoms with Crippen molar-refractivity contribution in [3.8, 4) is 17.2 Å². The molecule has 1 N–H and O–H groups in total. The van der Waals surface area contributed by atoms with Gasteiger partial charge in [0.15, 0.2) is 11.5 Å². The van der Waals surface area contributed by atoms with Crippen molar-refractivity contribution in [1.29, 1.82) is 0 Å². The number of amides is 1. The van der Waals surface area contributed by atoms with E-state index >= 15 is 0 Å². The molecule has 1 amide bonds. The van der Waals surface area contributed by atoms with Crippen LogP contribution >= 0.6 is 0 Å². The summed E-state index contributed by atoms with van der Waals surface area (Å²) in [4.78, 5) is 12.2. The van der Waals surface area contributed by atoms with Crippen LogP contribution in [0.2, 0.25) is 0 Å². The minimum absolute atomic E-state index is 0.123. The standard InChI is InChI=1S/C18H21NO4/c1-12-6-5-7-14(8-12)18(20)19-11-13-9-15(21-2)17(23-4)16(10-13)22-3/h5-10H,11H2,1-4H3,(H,19,20). The zero-order chi connectivity index (χ0) is 16.8. The zero-order valence-corrected chi connectivity index (χ0v) is 13.8. The molecular formula is C18H21NO4. The Morgan fingerprint density at radius 2 is 1.65 bits per heavy atom. The van der Waals surface area contributed by atoms with Crippen molar-refractivity contribution in [3.63, 3.8) is 0 Å². The molecule has 0 aliphatic carbocycles. The van der Waals surface area contributed by atoms with Crippen molar-refractivity contribution < 1.29 is 19.0 Å². The van der Waals surface area contributed by atoms with Gasteiger partial charge < -0.3 is 19.5 Å². The molecule has 0 saturated heterocycles. The molecule has 0 fully saturated rings. The van der Waals surface area contributed by atoms with Crippen LogP contribution in [0.1, 0.15) is 21.5 Å². The molecule has 0 unspecified atom stereocenters. The summed E-state index contributed by atoms with van der Waals surface area (Å²) in [7, 11) is 4.68. The van der Waals surface area contributed by atoms with Crippen LogP contribution in [-0.2, 0) is 6.54 Å². The van der Waals surface area contributed by atoms with Crippen molar-refractivity contribution in [3.05, 3.63) is 53.1 Å². The smallest absolute Gasteiger partial charge is 0.251 e. The maximum atomic E-state index is 12.2. The van der Waals surface area contributed by atoms with Gasteiger partial charge >= 0.3 is 0 Å². The van der Waals surface area contributed by atoms with Crippen LogP contribution in [0.25, 0.3) is 0 Å². The van der Waals surface area contributed by atoms with E-state index in [9.17, 15) is 4.79 Å². The Morgan fingerprint density at radius 1 is 1.00 bits per heavy atom. The van der Waals surface area contributed by atoms with E-state index in [1.54, 1.807) is 27.4 Å². The zero-order valence-electron chi connectivity index (χ0n) is 13.8. The lowest BCUT2D eigenvalue weighted by Gasteiger charge is -2.14. The molecule has 0 aliphatic heterocycles. The summed E-state index contributed by atoms with van der Waals surface area (Å²) in [5.41, 5.74) is 2.54. The summed E-state index contributed by atoms with van der Waals surface area (Å²) in [6.45, 7) is 2.32. The van der Waals surface area contributed by atoms with Gasteiger partial charge in [-0.1, -0.05) is 17.7 Å². The predicted molar refractivity (Wildman–Crippen MR) is 88.4 cm³/mol. The van der Waals surface area contributed by atoms with E-state index in [4.69, 9.17) is 14.2 Å². The van der Waals surface area contributed by atoms with Crippen LogP contribution in [0.4, 0.5) is 0 Å². The molecule has 0 bridgehead atoms. The highest BCUT2D eigenvalue weighted by Crippen LogP contribution is 2.38. The molecular weight excluding hydrogens is 294 g/mol. The lowest BCUT2D eigenvalue weighted by atomic mass is 10.1. The number of hydrogen-bond donors (Lipinski definition) is 1. The third-order valence-electron chi connectivity index (χ3n) is 3.46. The minimum Gasteiger partial charge on any atom is -0.493 e. The molecule has 2 aromatic carbocycles. The maximum Gasteiger partial charge on any atom is 0.251 e. The van der Waals surface area contributed by atoms with E-state index < -0.39 is 0 Å². The van der Waals surface area contributed by atoms with Crippen molar-refractivity contribution in [1.82, 2.24) is 5.32 Å². The Morgan fingerprint density at radius 3 is 2.17 bits per heavy atom. The van der Waals surface area contributed by atoms with Gasteiger partial charge in [0.2, 0.25) is 5.75 Å². The predicted octanol–water partition coefficient (Wildman–Crippen LogP) is 2.95. The third kappa shape index (κ3) is 3.94. The van der Waals surface area contributed by atoms with E-state index in [0.29, 0.717) is 29.4 Å². The number of aryl methyl sites for hydroxylation is 1. The number of hydrogen-bond acceptors (Lipinski definition) is 4. The van der Waals surface area contributed by atoms with Gasteiger partial charge in [-0.3, -0.25) is 4.79 Å². The number of nitrogens with one attached hydrogen (secondary N) is 1. The first-order chi connectivity index (χ1) is 11.1. The first-order valence-corrected chi connectivity index (χ1v) is 7.22. The van der Waals surface area contributed by atoms with Crippen LogP contribution in [0.15, 0.2) is 36.4 Å². The first kappa shape index (κ1) is 16.7. The Labute approximate surface area is 136 Å². The quantitative estimate of drug-likeness (QED) is 0.890. The molecule has 0 aromatic heterocycles. The molecule has 5 heteroatoms. The van der Waals surface area contributed by atoms with Crippen LogP contribution in [0, 0.1) is 6.92 Å². The van der Waals surface area contributed by atoms with E-state index in [1.165, 1.54) is 0 Å². The van der Waals surface area contributed by atoms with Gasteiger partial charge in [-0.2, -0.15) is 0 Å². The average molecular weight is 315 g/mol. The number of rotatable bonds is 6. The number of ether oxygens (including phenoxy) is 3. The lowest BCUT2D eigenvalue weighted by Crippen LogP contribution is -2.22. The Hall–Kier alpha value is -2.69. The van der Waals surface area contributed by atoms with E-state index in [1.807, 2.05) is 37.3 Å². The molecule has 2 aromatic rings. The van der Waals surface area contributed by atoms with Crippen molar-refractivity contribution >= 4 is 5.91 Å². The summed E-state index contributed by atoms with van der Waals surface area (Å²) in [5.74, 6) is 1.53. The van der Waals surface area contributed by atoms with Gasteiger partial charge in [0.05, 0.1) is 21.3 Å². The van der Waals surface area contributed by atoms with Gasteiger partial charge in [0.1, 0.15) is 0 Å². The number of carbonyl (C=O) groups excluding carboxylic acids is 1. The molecule has 122 valence electrons. The van der Waals surface area contributed by atoms with E-state index in [0.717, 1.165) is 11.1 Å².